The summed E-state index contributed by atoms with van der Waals surface area (Å²) in [5, 5.41) is 147. The molecular weight excluding hydrogens is 956 g/mol. The number of aliphatic hydroxyl groups is 8. The van der Waals surface area contributed by atoms with E-state index < -0.39 is 170 Å². The normalized spacial score (nSPS) is 32.7. The fourth-order valence-electron chi connectivity index (χ4n) is 7.74. The van der Waals surface area contributed by atoms with Gasteiger partial charge in [-0.1, -0.05) is 12.1 Å². The largest absolute Gasteiger partial charge is 0.508 e. The molecule has 3 saturated heterocycles. The van der Waals surface area contributed by atoms with Gasteiger partial charge < -0.3 is 114 Å². The van der Waals surface area contributed by atoms with E-state index in [1.165, 1.54) is 37.3 Å². The first kappa shape index (κ1) is 52.3. The highest BCUT2D eigenvalue weighted by Gasteiger charge is 2.52. The number of carboxylic acids is 1. The molecule has 0 bridgehead atoms. The summed E-state index contributed by atoms with van der Waals surface area (Å²) in [6.07, 6.45) is -26.6. The van der Waals surface area contributed by atoms with E-state index in [9.17, 15) is 80.8 Å². The third-order valence-corrected chi connectivity index (χ3v) is 11.6. The maximum atomic E-state index is 12.6. The molecule has 71 heavy (non-hydrogen) atoms. The maximum absolute atomic E-state index is 12.6. The number of aliphatic hydroxyl groups excluding tert-OH is 8. The number of hydrogen-bond donors (Lipinski definition) is 14. The molecule has 0 aromatic heterocycles. The van der Waals surface area contributed by atoms with E-state index in [-0.39, 0.29) is 22.6 Å². The summed E-state index contributed by atoms with van der Waals surface area (Å²) < 4.78 is 51.3. The van der Waals surface area contributed by atoms with Gasteiger partial charge in [0, 0.05) is 23.8 Å². The van der Waals surface area contributed by atoms with Crippen LogP contribution < -0.4 is 9.47 Å². The fourth-order valence-corrected chi connectivity index (χ4v) is 7.74. The second-order valence-electron chi connectivity index (χ2n) is 16.7. The lowest BCUT2D eigenvalue weighted by molar-refractivity contribution is -0.349. The number of carbonyl (C=O) groups excluding carboxylic acids is 2. The first-order chi connectivity index (χ1) is 33.6. The molecule has 4 aliphatic heterocycles. The molecule has 26 nitrogen and oxygen atoms in total. The molecule has 3 aromatic carbocycles. The van der Waals surface area contributed by atoms with E-state index in [0.29, 0.717) is 5.56 Å². The van der Waals surface area contributed by atoms with Crippen LogP contribution in [0.15, 0.2) is 60.4 Å². The van der Waals surface area contributed by atoms with Crippen LogP contribution in [0.5, 0.6) is 40.2 Å². The Morgan fingerprint density at radius 1 is 0.648 bits per heavy atom. The van der Waals surface area contributed by atoms with E-state index in [4.69, 9.17) is 47.7 Å². The Labute approximate surface area is 400 Å². The van der Waals surface area contributed by atoms with Crippen molar-refractivity contribution in [3.63, 3.8) is 0 Å². The fraction of sp³-hybridized carbons (Fsp3) is 0.444. The minimum atomic E-state index is -2.13. The van der Waals surface area contributed by atoms with Crippen molar-refractivity contribution in [1.82, 2.24) is 0 Å². The van der Waals surface area contributed by atoms with E-state index in [2.05, 4.69) is 0 Å². The first-order valence-electron chi connectivity index (χ1n) is 21.5. The summed E-state index contributed by atoms with van der Waals surface area (Å²) in [7, 11) is 0. The number of benzene rings is 3. The number of carbonyl (C=O) groups is 3. The standard InChI is InChI=1S/C45H50O26/c1-16-32(54)35(57)38(60)43(65-16)71-42-28(15-64-31(53)13-29(50)51)70-45(40(62)37(42)59)67-25-11-20(47)10-24-21(25)12-26(41(66-24)18-8-22(48)33(55)23(49)9-18)68-44-39(61)36(58)34(56)27(69-44)14-63-30(52)7-4-17-2-5-19(46)6-3-17/h2-12,16,27-28,32,34-49,54-62H,13-15H2,1H3,(H,50,51). The number of phenols is 5. The van der Waals surface area contributed by atoms with Gasteiger partial charge in [0.05, 0.1) is 11.7 Å². The topological polar surface area (TPSA) is 418 Å². The van der Waals surface area contributed by atoms with E-state index in [1.807, 2.05) is 0 Å². The molecule has 7 rings (SSSR count). The molecular formula is C45H50O26. The number of hydrogen-bond acceptors (Lipinski definition) is 25. The first-order valence-corrected chi connectivity index (χ1v) is 21.5. The monoisotopic (exact) mass is 1010 g/mol. The lowest BCUT2D eigenvalue weighted by Gasteiger charge is -2.45. The van der Waals surface area contributed by atoms with Crippen molar-refractivity contribution in [3.05, 3.63) is 77.1 Å². The minimum Gasteiger partial charge on any atom is -0.508 e. The quantitative estimate of drug-likeness (QED) is 0.0333. The van der Waals surface area contributed by atoms with Crippen molar-refractivity contribution in [1.29, 1.82) is 0 Å². The molecule has 0 aliphatic carbocycles. The van der Waals surface area contributed by atoms with Crippen LogP contribution in [0.2, 0.25) is 0 Å². The van der Waals surface area contributed by atoms with Crippen LogP contribution in [0.4, 0.5) is 0 Å². The van der Waals surface area contributed by atoms with Gasteiger partial charge in [-0.15, -0.1) is 0 Å². The van der Waals surface area contributed by atoms with E-state index >= 15 is 0 Å². The highest BCUT2D eigenvalue weighted by molar-refractivity contribution is 5.90. The lowest BCUT2D eigenvalue weighted by Crippen LogP contribution is -2.64. The zero-order chi connectivity index (χ0) is 51.6. The van der Waals surface area contributed by atoms with Gasteiger partial charge in [-0.3, -0.25) is 9.59 Å². The number of aromatic hydroxyl groups is 5. The summed E-state index contributed by atoms with van der Waals surface area (Å²) in [6.45, 7) is -0.268. The maximum Gasteiger partial charge on any atom is 0.330 e. The van der Waals surface area contributed by atoms with Gasteiger partial charge in [-0.05, 0) is 48.9 Å². The number of aliphatic carboxylic acids is 1. The van der Waals surface area contributed by atoms with Gasteiger partial charge in [0.25, 0.3) is 0 Å². The van der Waals surface area contributed by atoms with Gasteiger partial charge in [0.2, 0.25) is 12.6 Å². The van der Waals surface area contributed by atoms with E-state index in [0.717, 1.165) is 36.4 Å². The average molecular weight is 1010 g/mol. The number of esters is 2. The minimum absolute atomic E-state index is 0.0102. The third kappa shape index (κ3) is 11.8. The van der Waals surface area contributed by atoms with Crippen LogP contribution in [-0.2, 0) is 47.5 Å². The molecule has 4 aliphatic rings. The summed E-state index contributed by atoms with van der Waals surface area (Å²) in [4.78, 5) is 36.1. The molecule has 0 radical (unpaired) electrons. The van der Waals surface area contributed by atoms with Crippen molar-refractivity contribution in [2.24, 2.45) is 0 Å². The van der Waals surface area contributed by atoms with Crippen molar-refractivity contribution in [2.75, 3.05) is 13.2 Å². The molecule has 4 heterocycles. The summed E-state index contributed by atoms with van der Waals surface area (Å²) in [6, 6.07) is 9.71. The van der Waals surface area contributed by atoms with Crippen LogP contribution in [0.1, 0.15) is 36.1 Å². The zero-order valence-electron chi connectivity index (χ0n) is 36.9. The molecule has 3 fully saturated rings. The molecule has 14 N–H and O–H groups in total. The van der Waals surface area contributed by atoms with Crippen LogP contribution in [0.3, 0.4) is 0 Å². The second kappa shape index (κ2) is 21.9. The molecule has 26 heteroatoms. The zero-order valence-corrected chi connectivity index (χ0v) is 36.9. The average Bonchev–Trinajstić information content (AvgIpc) is 3.32. The Bertz CT molecular complexity index is 2440. The van der Waals surface area contributed by atoms with Crippen molar-refractivity contribution in [2.45, 2.75) is 112 Å². The SMILES string of the molecule is CC1OC(OC2C(COC(=O)CC(=O)O)OC(Oc3cc(O)cc4c3C=C(OC3OC(COC(=O)C=Cc5ccc(O)cc5)C(O)C(O)C3O)C(c3cc(O)c(O)c(O)c3)O4)C(O)C2O)C(O)C(O)C1O. The summed E-state index contributed by atoms with van der Waals surface area (Å²) >= 11 is 0. The van der Waals surface area contributed by atoms with Crippen molar-refractivity contribution < 1.29 is 129 Å². The molecule has 0 spiro atoms. The summed E-state index contributed by atoms with van der Waals surface area (Å²) in [5.74, 6) is -8.07. The van der Waals surface area contributed by atoms with Gasteiger partial charge >= 0.3 is 17.9 Å². The van der Waals surface area contributed by atoms with Gasteiger partial charge in [-0.2, -0.15) is 0 Å². The number of ether oxygens (including phenoxy) is 9. The van der Waals surface area contributed by atoms with Gasteiger partial charge in [0.15, 0.2) is 29.6 Å². The number of carboxylic acid groups (broad SMARTS) is 1. The Balaban J connectivity index is 1.18. The molecule has 0 saturated carbocycles. The van der Waals surface area contributed by atoms with Gasteiger partial charge in [-0.25, -0.2) is 4.79 Å². The Morgan fingerprint density at radius 2 is 1.25 bits per heavy atom. The molecule has 16 unspecified atom stereocenters. The third-order valence-electron chi connectivity index (χ3n) is 11.6. The van der Waals surface area contributed by atoms with Crippen molar-refractivity contribution >= 4 is 30.1 Å². The lowest BCUT2D eigenvalue weighted by atomic mass is 9.97. The van der Waals surface area contributed by atoms with Crippen LogP contribution in [-0.4, -0.2) is 195 Å². The molecule has 16 atom stereocenters. The van der Waals surface area contributed by atoms with Crippen LogP contribution >= 0.6 is 0 Å². The molecule has 386 valence electrons. The van der Waals surface area contributed by atoms with Crippen molar-refractivity contribution in [3.8, 4) is 40.2 Å². The Kier molecular flexibility index (Phi) is 16.1. The van der Waals surface area contributed by atoms with Gasteiger partial charge in [0.1, 0.15) is 116 Å². The Hall–Kier alpha value is -6.53. The van der Waals surface area contributed by atoms with E-state index in [1.54, 1.807) is 0 Å². The number of phenolic OH excluding ortho intramolecular Hbond substituents is 5. The predicted molar refractivity (Wildman–Crippen MR) is 228 cm³/mol. The van der Waals surface area contributed by atoms with Crippen LogP contribution in [0.25, 0.3) is 12.2 Å². The number of fused-ring (bicyclic) bond motifs is 1. The highest BCUT2D eigenvalue weighted by atomic mass is 16.7. The van der Waals surface area contributed by atoms with Crippen LogP contribution in [0, 0.1) is 0 Å². The molecule has 0 amide bonds. The highest BCUT2D eigenvalue weighted by Crippen LogP contribution is 2.48. The molecule has 3 aromatic rings. The second-order valence-corrected chi connectivity index (χ2v) is 16.7. The summed E-state index contributed by atoms with van der Waals surface area (Å²) in [5.41, 5.74) is 0.193. The predicted octanol–water partition coefficient (Wildman–Crippen LogP) is -2.17. The smallest absolute Gasteiger partial charge is 0.330 e. The Morgan fingerprint density at radius 3 is 1.93 bits per heavy atom. The number of rotatable bonds is 15.